The fourth-order valence-corrected chi connectivity index (χ4v) is 3.51. The molecule has 0 unspecified atom stereocenters. The Bertz CT molecular complexity index is 820. The zero-order chi connectivity index (χ0) is 20.5. The highest BCUT2D eigenvalue weighted by Crippen LogP contribution is 2.24. The molecule has 29 heavy (non-hydrogen) atoms. The highest BCUT2D eigenvalue weighted by Gasteiger charge is 2.16. The zero-order valence-corrected chi connectivity index (χ0v) is 16.9. The van der Waals surface area contributed by atoms with Gasteiger partial charge in [0, 0.05) is 39.0 Å². The van der Waals surface area contributed by atoms with Gasteiger partial charge >= 0.3 is 11.8 Å². The van der Waals surface area contributed by atoms with Gasteiger partial charge in [0.1, 0.15) is 0 Å². The summed E-state index contributed by atoms with van der Waals surface area (Å²) in [6.45, 7) is 3.18. The summed E-state index contributed by atoms with van der Waals surface area (Å²) in [6.07, 6.45) is 2.72. The summed E-state index contributed by atoms with van der Waals surface area (Å²) in [6, 6.07) is 17.3. The van der Waals surface area contributed by atoms with Gasteiger partial charge < -0.3 is 20.3 Å². The molecule has 0 spiro atoms. The van der Waals surface area contributed by atoms with Crippen molar-refractivity contribution in [2.75, 3.05) is 38.3 Å². The second-order valence-corrected chi connectivity index (χ2v) is 7.21. The predicted octanol–water partition coefficient (Wildman–Crippen LogP) is 2.06. The number of nitrogens with zero attached hydrogens (tertiary/aromatic N) is 1. The molecular weight excluding hydrogens is 366 g/mol. The Morgan fingerprint density at radius 2 is 1.66 bits per heavy atom. The third-order valence-electron chi connectivity index (χ3n) is 5.16. The van der Waals surface area contributed by atoms with Crippen LogP contribution in [0.5, 0.6) is 0 Å². The smallest absolute Gasteiger partial charge is 0.309 e. The summed E-state index contributed by atoms with van der Waals surface area (Å²) >= 11 is 0. The molecule has 6 nitrogen and oxygen atoms in total. The fourth-order valence-electron chi connectivity index (χ4n) is 3.51. The highest BCUT2D eigenvalue weighted by atomic mass is 16.5. The normalized spacial score (nSPS) is 12.9. The Morgan fingerprint density at radius 1 is 0.966 bits per heavy atom. The van der Waals surface area contributed by atoms with Crippen molar-refractivity contribution in [3.05, 3.63) is 65.2 Å². The number of benzene rings is 2. The summed E-state index contributed by atoms with van der Waals surface area (Å²) in [4.78, 5) is 25.7. The molecule has 0 saturated heterocycles. The van der Waals surface area contributed by atoms with Gasteiger partial charge in [0.15, 0.2) is 0 Å². The Hall–Kier alpha value is -2.86. The number of carbonyl (C=O) groups excluding carboxylic acids is 2. The lowest BCUT2D eigenvalue weighted by molar-refractivity contribution is -0.139. The Kier molecular flexibility index (Phi) is 7.64. The molecule has 2 aromatic carbocycles. The van der Waals surface area contributed by atoms with Crippen molar-refractivity contribution in [3.8, 4) is 0 Å². The minimum Gasteiger partial charge on any atom is -0.383 e. The molecule has 1 heterocycles. The van der Waals surface area contributed by atoms with Crippen LogP contribution in [0.1, 0.15) is 23.1 Å². The molecule has 3 rings (SSSR count). The highest BCUT2D eigenvalue weighted by molar-refractivity contribution is 6.35. The standard InChI is InChI=1S/C23H29N3O3/c1-29-16-14-25-23(28)22(27)24-13-4-5-18-8-10-21(11-9-18)26-15-12-19-6-2-3-7-20(19)17-26/h2-3,6-11H,4-5,12-17H2,1H3,(H,24,27)(H,25,28). The number of ether oxygens (including phenoxy) is 1. The van der Waals surface area contributed by atoms with E-state index in [-0.39, 0.29) is 0 Å². The lowest BCUT2D eigenvalue weighted by Gasteiger charge is -2.30. The first-order valence-electron chi connectivity index (χ1n) is 10.1. The first-order valence-corrected chi connectivity index (χ1v) is 10.1. The van der Waals surface area contributed by atoms with E-state index in [1.54, 1.807) is 7.11 Å². The first kappa shape index (κ1) is 20.9. The monoisotopic (exact) mass is 395 g/mol. The van der Waals surface area contributed by atoms with Crippen molar-refractivity contribution >= 4 is 17.5 Å². The maximum Gasteiger partial charge on any atom is 0.309 e. The number of rotatable bonds is 8. The number of hydrogen-bond donors (Lipinski definition) is 2. The third kappa shape index (κ3) is 6.06. The SMILES string of the molecule is COCCNC(=O)C(=O)NCCCc1ccc(N2CCc3ccccc3C2)cc1. The van der Waals surface area contributed by atoms with Crippen molar-refractivity contribution in [2.24, 2.45) is 0 Å². The van der Waals surface area contributed by atoms with Crippen LogP contribution in [0.15, 0.2) is 48.5 Å². The molecule has 0 atom stereocenters. The molecular formula is C23H29N3O3. The number of hydrogen-bond acceptors (Lipinski definition) is 4. The summed E-state index contributed by atoms with van der Waals surface area (Å²) in [5.41, 5.74) is 5.33. The van der Waals surface area contributed by atoms with Gasteiger partial charge in [-0.15, -0.1) is 0 Å². The molecule has 2 N–H and O–H groups in total. The van der Waals surface area contributed by atoms with Crippen molar-refractivity contribution in [3.63, 3.8) is 0 Å². The van der Waals surface area contributed by atoms with Gasteiger partial charge in [0.25, 0.3) is 0 Å². The number of carbonyl (C=O) groups is 2. The van der Waals surface area contributed by atoms with E-state index in [2.05, 4.69) is 64.1 Å². The van der Waals surface area contributed by atoms with Gasteiger partial charge in [0.05, 0.1) is 6.61 Å². The van der Waals surface area contributed by atoms with Gasteiger partial charge in [-0.05, 0) is 48.1 Å². The maximum absolute atomic E-state index is 11.7. The number of anilines is 1. The van der Waals surface area contributed by atoms with Crippen LogP contribution >= 0.6 is 0 Å². The van der Waals surface area contributed by atoms with Crippen molar-refractivity contribution in [1.82, 2.24) is 10.6 Å². The molecule has 1 aliphatic heterocycles. The minimum absolute atomic E-state index is 0.331. The summed E-state index contributed by atoms with van der Waals surface area (Å²) in [7, 11) is 1.55. The molecule has 154 valence electrons. The van der Waals surface area contributed by atoms with Crippen LogP contribution in [-0.2, 0) is 33.7 Å². The maximum atomic E-state index is 11.7. The lowest BCUT2D eigenvalue weighted by atomic mass is 9.99. The Labute approximate surface area is 172 Å². The van der Waals surface area contributed by atoms with Crippen LogP contribution in [0.2, 0.25) is 0 Å². The topological polar surface area (TPSA) is 70.7 Å². The zero-order valence-electron chi connectivity index (χ0n) is 16.9. The van der Waals surface area contributed by atoms with E-state index in [0.29, 0.717) is 19.7 Å². The van der Waals surface area contributed by atoms with Crippen LogP contribution in [-0.4, -0.2) is 45.2 Å². The number of methoxy groups -OCH3 is 1. The number of fused-ring (bicyclic) bond motifs is 1. The first-order chi connectivity index (χ1) is 14.2. The molecule has 0 saturated carbocycles. The van der Waals surface area contributed by atoms with Gasteiger partial charge in [0.2, 0.25) is 0 Å². The minimum atomic E-state index is -0.616. The van der Waals surface area contributed by atoms with Crippen LogP contribution in [0.3, 0.4) is 0 Å². The Morgan fingerprint density at radius 3 is 2.38 bits per heavy atom. The van der Waals surface area contributed by atoms with E-state index < -0.39 is 11.8 Å². The number of nitrogens with one attached hydrogen (secondary N) is 2. The quantitative estimate of drug-likeness (QED) is 0.530. The van der Waals surface area contributed by atoms with E-state index in [0.717, 1.165) is 32.4 Å². The molecule has 1 aliphatic rings. The molecule has 0 radical (unpaired) electrons. The van der Waals surface area contributed by atoms with Gasteiger partial charge in [-0.2, -0.15) is 0 Å². The van der Waals surface area contributed by atoms with Gasteiger partial charge in [-0.3, -0.25) is 9.59 Å². The molecule has 0 aliphatic carbocycles. The molecule has 6 heteroatoms. The summed E-state index contributed by atoms with van der Waals surface area (Å²) in [5, 5.41) is 5.16. The molecule has 0 aromatic heterocycles. The van der Waals surface area contributed by atoms with E-state index >= 15 is 0 Å². The van der Waals surface area contributed by atoms with Crippen LogP contribution in [0.4, 0.5) is 5.69 Å². The largest absolute Gasteiger partial charge is 0.383 e. The lowest BCUT2D eigenvalue weighted by Crippen LogP contribution is -2.41. The van der Waals surface area contributed by atoms with Crippen molar-refractivity contribution in [1.29, 1.82) is 0 Å². The predicted molar refractivity (Wildman–Crippen MR) is 114 cm³/mol. The average molecular weight is 396 g/mol. The number of aryl methyl sites for hydroxylation is 1. The molecule has 0 bridgehead atoms. The molecule has 2 amide bonds. The van der Waals surface area contributed by atoms with Crippen molar-refractivity contribution in [2.45, 2.75) is 25.8 Å². The van der Waals surface area contributed by atoms with E-state index in [1.807, 2.05) is 0 Å². The van der Waals surface area contributed by atoms with Gasteiger partial charge in [-0.1, -0.05) is 36.4 Å². The van der Waals surface area contributed by atoms with Crippen LogP contribution in [0, 0.1) is 0 Å². The molecule has 2 aromatic rings. The second kappa shape index (κ2) is 10.6. The van der Waals surface area contributed by atoms with Crippen LogP contribution in [0.25, 0.3) is 0 Å². The Balaban J connectivity index is 1.40. The second-order valence-electron chi connectivity index (χ2n) is 7.21. The fraction of sp³-hybridized carbons (Fsp3) is 0.391. The number of amides is 2. The van der Waals surface area contributed by atoms with Crippen molar-refractivity contribution < 1.29 is 14.3 Å². The summed E-state index contributed by atoms with van der Waals surface area (Å²) < 4.78 is 4.83. The van der Waals surface area contributed by atoms with E-state index in [9.17, 15) is 9.59 Å². The summed E-state index contributed by atoms with van der Waals surface area (Å²) in [5.74, 6) is -1.21. The van der Waals surface area contributed by atoms with E-state index in [4.69, 9.17) is 4.74 Å². The van der Waals surface area contributed by atoms with Crippen LogP contribution < -0.4 is 15.5 Å². The van der Waals surface area contributed by atoms with Gasteiger partial charge in [-0.25, -0.2) is 0 Å². The third-order valence-corrected chi connectivity index (χ3v) is 5.16. The average Bonchev–Trinajstić information content (AvgIpc) is 2.76. The van der Waals surface area contributed by atoms with E-state index in [1.165, 1.54) is 22.4 Å². The molecule has 0 fully saturated rings.